The van der Waals surface area contributed by atoms with Crippen molar-refractivity contribution in [3.05, 3.63) is 67.0 Å². The van der Waals surface area contributed by atoms with Crippen LogP contribution < -0.4 is 4.90 Å². The van der Waals surface area contributed by atoms with Gasteiger partial charge in [-0.2, -0.15) is 4.31 Å². The molecule has 10 heteroatoms. The van der Waals surface area contributed by atoms with E-state index in [1.165, 1.54) is 9.21 Å². The minimum atomic E-state index is -3.87. The summed E-state index contributed by atoms with van der Waals surface area (Å²) in [5.41, 5.74) is 1.07. The van der Waals surface area contributed by atoms with E-state index >= 15 is 0 Å². The Morgan fingerprint density at radius 1 is 0.947 bits per heavy atom. The van der Waals surface area contributed by atoms with Gasteiger partial charge in [0, 0.05) is 56.7 Å². The molecule has 1 amide bonds. The first-order valence-electron chi connectivity index (χ1n) is 13.0. The number of esters is 1. The molecule has 2 aliphatic rings. The van der Waals surface area contributed by atoms with Crippen LogP contribution in [0.15, 0.2) is 71.9 Å². The number of sulfonamides is 1. The molecule has 9 nitrogen and oxygen atoms in total. The van der Waals surface area contributed by atoms with Crippen molar-refractivity contribution >= 4 is 38.4 Å². The van der Waals surface area contributed by atoms with Gasteiger partial charge in [0.15, 0.2) is 0 Å². The smallest absolute Gasteiger partial charge is 0.330 e. The number of piperazine rings is 1. The van der Waals surface area contributed by atoms with E-state index in [1.54, 1.807) is 37.5 Å². The summed E-state index contributed by atoms with van der Waals surface area (Å²) in [6.07, 6.45) is 4.82. The molecule has 2 aliphatic heterocycles. The van der Waals surface area contributed by atoms with E-state index < -0.39 is 22.0 Å². The highest BCUT2D eigenvalue weighted by atomic mass is 32.2. The minimum absolute atomic E-state index is 0.111. The first-order chi connectivity index (χ1) is 18.4. The highest BCUT2D eigenvalue weighted by Crippen LogP contribution is 2.28. The lowest BCUT2D eigenvalue weighted by Gasteiger charge is -2.42. The fraction of sp³-hybridized carbons (Fsp3) is 0.393. The van der Waals surface area contributed by atoms with Gasteiger partial charge < -0.3 is 14.5 Å². The van der Waals surface area contributed by atoms with Crippen LogP contribution in [0, 0.1) is 5.92 Å². The zero-order valence-corrected chi connectivity index (χ0v) is 22.2. The number of hydrogen-bond donors (Lipinski definition) is 0. The summed E-state index contributed by atoms with van der Waals surface area (Å²) in [5.74, 6) is -0.915. The molecular formula is C28H32N4O5S. The number of hydrogen-bond acceptors (Lipinski definition) is 7. The molecule has 0 spiro atoms. The third kappa shape index (κ3) is 5.23. The average molecular weight is 537 g/mol. The van der Waals surface area contributed by atoms with Gasteiger partial charge >= 0.3 is 5.97 Å². The average Bonchev–Trinajstić information content (AvgIpc) is 2.97. The van der Waals surface area contributed by atoms with E-state index in [0.717, 1.165) is 29.5 Å². The zero-order valence-electron chi connectivity index (χ0n) is 21.4. The number of rotatable bonds is 6. The summed E-state index contributed by atoms with van der Waals surface area (Å²) in [7, 11) is -3.87. The molecule has 1 aromatic heterocycles. The molecule has 0 saturated carbocycles. The fourth-order valence-electron chi connectivity index (χ4n) is 5.33. The van der Waals surface area contributed by atoms with Gasteiger partial charge in [-0.05, 0) is 54.8 Å². The molecule has 200 valence electrons. The molecule has 38 heavy (non-hydrogen) atoms. The molecule has 0 radical (unpaired) electrons. The van der Waals surface area contributed by atoms with Crippen molar-refractivity contribution in [1.29, 1.82) is 0 Å². The van der Waals surface area contributed by atoms with Gasteiger partial charge in [0.2, 0.25) is 15.9 Å². The van der Waals surface area contributed by atoms with E-state index in [9.17, 15) is 18.0 Å². The van der Waals surface area contributed by atoms with Crippen molar-refractivity contribution in [2.45, 2.75) is 30.7 Å². The Morgan fingerprint density at radius 3 is 2.37 bits per heavy atom. The molecular weight excluding hydrogens is 504 g/mol. The number of anilines is 1. The van der Waals surface area contributed by atoms with Crippen molar-refractivity contribution in [2.24, 2.45) is 5.92 Å². The Kier molecular flexibility index (Phi) is 7.62. The van der Waals surface area contributed by atoms with Gasteiger partial charge in [-0.3, -0.25) is 9.78 Å². The van der Waals surface area contributed by atoms with Crippen LogP contribution in [0.4, 0.5) is 5.69 Å². The summed E-state index contributed by atoms with van der Waals surface area (Å²) >= 11 is 0. The van der Waals surface area contributed by atoms with Gasteiger partial charge in [0.05, 0.1) is 11.5 Å². The first-order valence-corrected chi connectivity index (χ1v) is 14.4. The maximum absolute atomic E-state index is 13.6. The van der Waals surface area contributed by atoms with Crippen LogP contribution in [0.25, 0.3) is 10.8 Å². The summed E-state index contributed by atoms with van der Waals surface area (Å²) in [5, 5.41) is 1.77. The first kappa shape index (κ1) is 26.1. The van der Waals surface area contributed by atoms with Crippen molar-refractivity contribution in [2.75, 3.05) is 44.2 Å². The van der Waals surface area contributed by atoms with Crippen LogP contribution in [0.5, 0.6) is 0 Å². The van der Waals surface area contributed by atoms with Crippen molar-refractivity contribution in [1.82, 2.24) is 14.2 Å². The molecule has 0 bridgehead atoms. The van der Waals surface area contributed by atoms with E-state index in [4.69, 9.17) is 4.74 Å². The number of carbonyl (C=O) groups excluding carboxylic acids is 2. The predicted molar refractivity (Wildman–Crippen MR) is 144 cm³/mol. The lowest BCUT2D eigenvalue weighted by molar-refractivity contribution is -0.158. The zero-order chi connectivity index (χ0) is 26.7. The SMILES string of the molecule is CCOC(=O)C1CN(S(=O)(=O)c2ccc3ccccc3c2)CCN1C(=O)C1CCN(c2ccncc2)CC1. The second-order valence-electron chi connectivity index (χ2n) is 9.64. The second-order valence-corrected chi connectivity index (χ2v) is 11.6. The highest BCUT2D eigenvalue weighted by molar-refractivity contribution is 7.89. The van der Waals surface area contributed by atoms with Crippen LogP contribution >= 0.6 is 0 Å². The van der Waals surface area contributed by atoms with Gasteiger partial charge in [-0.1, -0.05) is 30.3 Å². The summed E-state index contributed by atoms with van der Waals surface area (Å²) in [4.78, 5) is 34.6. The van der Waals surface area contributed by atoms with Crippen LogP contribution in [0.3, 0.4) is 0 Å². The van der Waals surface area contributed by atoms with Gasteiger partial charge in [0.1, 0.15) is 6.04 Å². The summed E-state index contributed by atoms with van der Waals surface area (Å²) < 4.78 is 33.7. The highest BCUT2D eigenvalue weighted by Gasteiger charge is 2.42. The lowest BCUT2D eigenvalue weighted by Crippen LogP contribution is -2.61. The van der Waals surface area contributed by atoms with Gasteiger partial charge in [-0.25, -0.2) is 13.2 Å². The van der Waals surface area contributed by atoms with E-state index in [1.807, 2.05) is 36.4 Å². The number of nitrogens with zero attached hydrogens (tertiary/aromatic N) is 4. The van der Waals surface area contributed by atoms with E-state index in [2.05, 4.69) is 9.88 Å². The van der Waals surface area contributed by atoms with Crippen molar-refractivity contribution in [3.8, 4) is 0 Å². The fourth-order valence-corrected chi connectivity index (χ4v) is 6.80. The number of ether oxygens (including phenoxy) is 1. The maximum atomic E-state index is 13.6. The van der Waals surface area contributed by atoms with Crippen LogP contribution in [-0.2, 0) is 24.3 Å². The second kappa shape index (κ2) is 11.1. The molecule has 1 unspecified atom stereocenters. The number of benzene rings is 2. The minimum Gasteiger partial charge on any atom is -0.464 e. The summed E-state index contributed by atoms with van der Waals surface area (Å²) in [6, 6.07) is 15.5. The molecule has 2 fully saturated rings. The maximum Gasteiger partial charge on any atom is 0.330 e. The topological polar surface area (TPSA) is 100 Å². The molecule has 2 saturated heterocycles. The molecule has 3 aromatic rings. The number of pyridine rings is 1. The third-order valence-corrected chi connectivity index (χ3v) is 9.28. The van der Waals surface area contributed by atoms with Gasteiger partial charge in [0.25, 0.3) is 0 Å². The molecule has 2 aromatic carbocycles. The third-order valence-electron chi connectivity index (χ3n) is 7.42. The quantitative estimate of drug-likeness (QED) is 0.447. The van der Waals surface area contributed by atoms with Gasteiger partial charge in [-0.15, -0.1) is 0 Å². The molecule has 0 N–H and O–H groups in total. The molecule has 3 heterocycles. The van der Waals surface area contributed by atoms with Crippen LogP contribution in [0.2, 0.25) is 0 Å². The van der Waals surface area contributed by atoms with Crippen LogP contribution in [0.1, 0.15) is 19.8 Å². The Bertz CT molecular complexity index is 1410. The number of piperidine rings is 1. The largest absolute Gasteiger partial charge is 0.464 e. The Morgan fingerprint density at radius 2 is 1.66 bits per heavy atom. The normalized spacial score (nSPS) is 19.4. The summed E-state index contributed by atoms with van der Waals surface area (Å²) in [6.45, 7) is 3.42. The van der Waals surface area contributed by atoms with E-state index in [-0.39, 0.29) is 43.0 Å². The standard InChI is InChI=1S/C28H32N4O5S/c1-2-37-28(34)26-20-31(38(35,36)25-8-7-21-5-3-4-6-23(21)19-25)17-18-32(26)27(33)22-11-15-30(16-12-22)24-9-13-29-14-10-24/h3-10,13-14,19,22,26H,2,11-12,15-18,20H2,1H3. The number of carbonyl (C=O) groups is 2. The predicted octanol–water partition coefficient (Wildman–Crippen LogP) is 2.92. The molecule has 1 atom stereocenters. The Hall–Kier alpha value is -3.50. The molecule has 5 rings (SSSR count). The monoisotopic (exact) mass is 536 g/mol. The molecule has 0 aliphatic carbocycles. The van der Waals surface area contributed by atoms with Crippen molar-refractivity contribution < 1.29 is 22.7 Å². The Labute approximate surface area is 223 Å². The lowest BCUT2D eigenvalue weighted by atomic mass is 9.94. The Balaban J connectivity index is 1.32. The van der Waals surface area contributed by atoms with Crippen molar-refractivity contribution in [3.63, 3.8) is 0 Å². The van der Waals surface area contributed by atoms with Crippen LogP contribution in [-0.4, -0.2) is 79.9 Å². The van der Waals surface area contributed by atoms with E-state index in [0.29, 0.717) is 12.8 Å². The number of amides is 1. The number of aromatic nitrogens is 1. The number of fused-ring (bicyclic) bond motifs is 1.